The number of nitrogens with zero attached hydrogens (tertiary/aromatic N) is 2. The number of likely N-dealkylation sites (N-methyl/N-ethyl adjacent to an activating group) is 1. The monoisotopic (exact) mass is 512 g/mol. The predicted molar refractivity (Wildman–Crippen MR) is 131 cm³/mol. The number of rotatable bonds is 6. The Morgan fingerprint density at radius 3 is 2.08 bits per heavy atom. The number of halogens is 2. The first-order valence-electron chi connectivity index (χ1n) is 11.4. The summed E-state index contributed by atoms with van der Waals surface area (Å²) in [5, 5.41) is 0. The molecule has 0 radical (unpaired) electrons. The fourth-order valence-electron chi connectivity index (χ4n) is 4.66. The minimum absolute atomic E-state index is 0.0797. The average molecular weight is 513 g/mol. The molecule has 0 bridgehead atoms. The van der Waals surface area contributed by atoms with E-state index in [4.69, 9.17) is 0 Å². The van der Waals surface area contributed by atoms with Gasteiger partial charge < -0.3 is 4.90 Å². The molecule has 3 aromatic rings. The molecule has 3 atom stereocenters. The second kappa shape index (κ2) is 9.81. The molecular formula is C27H26F2N2O4S. The molecule has 3 amide bonds. The van der Waals surface area contributed by atoms with Crippen LogP contribution in [0.3, 0.4) is 0 Å². The number of imide groups is 1. The molecule has 4 rings (SSSR count). The van der Waals surface area contributed by atoms with E-state index in [-0.39, 0.29) is 22.9 Å². The molecule has 36 heavy (non-hydrogen) atoms. The molecule has 1 aliphatic rings. The van der Waals surface area contributed by atoms with Gasteiger partial charge in [0.25, 0.3) is 0 Å². The Balaban J connectivity index is 1.74. The van der Waals surface area contributed by atoms with Crippen LogP contribution in [-0.4, -0.2) is 49.5 Å². The summed E-state index contributed by atoms with van der Waals surface area (Å²) in [7, 11) is -1.84. The van der Waals surface area contributed by atoms with Gasteiger partial charge in [-0.25, -0.2) is 22.0 Å². The molecule has 9 heteroatoms. The molecule has 0 aromatic heterocycles. The normalized spacial score (nSPS) is 19.0. The van der Waals surface area contributed by atoms with E-state index in [0.717, 1.165) is 30.0 Å². The van der Waals surface area contributed by atoms with Crippen molar-refractivity contribution in [3.05, 3.63) is 101 Å². The standard InChI is InChI=1S/C27H26F2N2O4S/c1-17-26(19-7-5-4-6-8-19)31(27(33)30(17)2)25(32)16-24(20-13-21(28)15-22(29)14-20)18-9-11-23(12-10-18)36(3,34)35/h4-15,17,24,26H,16H2,1-3H3/t17-,24+,26?/m0/s1. The molecule has 0 N–H and O–H groups in total. The Morgan fingerprint density at radius 2 is 1.53 bits per heavy atom. The largest absolute Gasteiger partial charge is 0.327 e. The van der Waals surface area contributed by atoms with Gasteiger partial charge in [-0.3, -0.25) is 9.69 Å². The van der Waals surface area contributed by atoms with Crippen LogP contribution < -0.4 is 0 Å². The maximum absolute atomic E-state index is 14.1. The molecule has 0 aliphatic carbocycles. The highest BCUT2D eigenvalue weighted by Gasteiger charge is 2.45. The highest BCUT2D eigenvalue weighted by molar-refractivity contribution is 7.90. The maximum Gasteiger partial charge on any atom is 0.327 e. The maximum atomic E-state index is 14.1. The lowest BCUT2D eigenvalue weighted by Gasteiger charge is -2.26. The quantitative estimate of drug-likeness (QED) is 0.470. The summed E-state index contributed by atoms with van der Waals surface area (Å²) < 4.78 is 52.1. The third kappa shape index (κ3) is 5.02. The molecule has 0 saturated carbocycles. The Hall–Kier alpha value is -3.59. The fourth-order valence-corrected chi connectivity index (χ4v) is 5.29. The highest BCUT2D eigenvalue weighted by atomic mass is 32.2. The van der Waals surface area contributed by atoms with Gasteiger partial charge in [-0.05, 0) is 47.9 Å². The van der Waals surface area contributed by atoms with Crippen LogP contribution in [0.1, 0.15) is 42.0 Å². The van der Waals surface area contributed by atoms with Crippen LogP contribution >= 0.6 is 0 Å². The number of urea groups is 1. The molecule has 1 fully saturated rings. The molecule has 3 aromatic carbocycles. The summed E-state index contributed by atoms with van der Waals surface area (Å²) in [5.74, 6) is -2.93. The Bertz CT molecular complexity index is 1370. The van der Waals surface area contributed by atoms with Crippen molar-refractivity contribution in [3.63, 3.8) is 0 Å². The van der Waals surface area contributed by atoms with Crippen LogP contribution in [0.4, 0.5) is 13.6 Å². The highest BCUT2D eigenvalue weighted by Crippen LogP contribution is 2.37. The fraction of sp³-hybridized carbons (Fsp3) is 0.259. The first kappa shape index (κ1) is 25.5. The van der Waals surface area contributed by atoms with E-state index in [1.54, 1.807) is 7.05 Å². The average Bonchev–Trinajstić information content (AvgIpc) is 3.06. The van der Waals surface area contributed by atoms with E-state index < -0.39 is 45.4 Å². The zero-order valence-electron chi connectivity index (χ0n) is 20.1. The van der Waals surface area contributed by atoms with E-state index in [9.17, 15) is 26.8 Å². The van der Waals surface area contributed by atoms with Crippen molar-refractivity contribution >= 4 is 21.8 Å². The summed E-state index contributed by atoms with van der Waals surface area (Å²) in [6.07, 6.45) is 0.822. The van der Waals surface area contributed by atoms with E-state index in [1.807, 2.05) is 37.3 Å². The lowest BCUT2D eigenvalue weighted by atomic mass is 9.87. The Morgan fingerprint density at radius 1 is 0.944 bits per heavy atom. The van der Waals surface area contributed by atoms with Crippen molar-refractivity contribution in [3.8, 4) is 0 Å². The lowest BCUT2D eigenvalue weighted by Crippen LogP contribution is -2.37. The Kier molecular flexibility index (Phi) is 6.95. The summed E-state index contributed by atoms with van der Waals surface area (Å²) in [4.78, 5) is 29.6. The second-order valence-electron chi connectivity index (χ2n) is 9.05. The van der Waals surface area contributed by atoms with Crippen molar-refractivity contribution < 1.29 is 26.8 Å². The van der Waals surface area contributed by atoms with Crippen LogP contribution in [0.25, 0.3) is 0 Å². The van der Waals surface area contributed by atoms with E-state index >= 15 is 0 Å². The van der Waals surface area contributed by atoms with Crippen LogP contribution in [0.2, 0.25) is 0 Å². The number of benzene rings is 3. The van der Waals surface area contributed by atoms with Crippen LogP contribution in [0, 0.1) is 11.6 Å². The van der Waals surface area contributed by atoms with E-state index in [2.05, 4.69) is 0 Å². The van der Waals surface area contributed by atoms with Gasteiger partial charge in [0.2, 0.25) is 5.91 Å². The minimum Gasteiger partial charge on any atom is -0.322 e. The van der Waals surface area contributed by atoms with Gasteiger partial charge in [0.1, 0.15) is 11.6 Å². The van der Waals surface area contributed by atoms with Crippen molar-refractivity contribution in [2.45, 2.75) is 36.2 Å². The minimum atomic E-state index is -3.46. The summed E-state index contributed by atoms with van der Waals surface area (Å²) >= 11 is 0. The van der Waals surface area contributed by atoms with Crippen molar-refractivity contribution in [2.75, 3.05) is 13.3 Å². The van der Waals surface area contributed by atoms with Gasteiger partial charge >= 0.3 is 6.03 Å². The van der Waals surface area contributed by atoms with Gasteiger partial charge in [-0.1, -0.05) is 42.5 Å². The number of carbonyl (C=O) groups excluding carboxylic acids is 2. The first-order chi connectivity index (χ1) is 17.0. The van der Waals surface area contributed by atoms with Crippen molar-refractivity contribution in [2.24, 2.45) is 0 Å². The van der Waals surface area contributed by atoms with E-state index in [1.165, 1.54) is 34.1 Å². The van der Waals surface area contributed by atoms with Gasteiger partial charge in [0.15, 0.2) is 9.84 Å². The summed E-state index contributed by atoms with van der Waals surface area (Å²) in [6.45, 7) is 1.85. The molecule has 1 aliphatic heterocycles. The van der Waals surface area contributed by atoms with Gasteiger partial charge in [-0.15, -0.1) is 0 Å². The number of carbonyl (C=O) groups is 2. The summed E-state index contributed by atoms with van der Waals surface area (Å²) in [5.41, 5.74) is 1.49. The third-order valence-electron chi connectivity index (χ3n) is 6.64. The molecule has 6 nitrogen and oxygen atoms in total. The molecule has 1 heterocycles. The molecule has 1 unspecified atom stereocenters. The zero-order valence-corrected chi connectivity index (χ0v) is 20.9. The molecule has 0 spiro atoms. The molecule has 188 valence electrons. The van der Waals surface area contributed by atoms with E-state index in [0.29, 0.717) is 5.56 Å². The molecular weight excluding hydrogens is 486 g/mol. The van der Waals surface area contributed by atoms with Gasteiger partial charge in [0, 0.05) is 31.7 Å². The zero-order chi connectivity index (χ0) is 26.2. The lowest BCUT2D eigenvalue weighted by molar-refractivity contribution is -0.129. The number of hydrogen-bond acceptors (Lipinski definition) is 4. The first-order valence-corrected chi connectivity index (χ1v) is 13.3. The molecule has 1 saturated heterocycles. The number of sulfone groups is 1. The number of hydrogen-bond donors (Lipinski definition) is 0. The number of amides is 3. The third-order valence-corrected chi connectivity index (χ3v) is 7.77. The van der Waals surface area contributed by atoms with Crippen molar-refractivity contribution in [1.29, 1.82) is 0 Å². The van der Waals surface area contributed by atoms with Crippen molar-refractivity contribution in [1.82, 2.24) is 9.80 Å². The SMILES string of the molecule is C[C@H]1C(c2ccccc2)N(C(=O)C[C@H](c2ccc(S(C)(=O)=O)cc2)c2cc(F)cc(F)c2)C(=O)N1C. The van der Waals surface area contributed by atoms with Gasteiger partial charge in [0.05, 0.1) is 17.0 Å². The van der Waals surface area contributed by atoms with Crippen LogP contribution in [0.15, 0.2) is 77.7 Å². The predicted octanol–water partition coefficient (Wildman–Crippen LogP) is 4.91. The van der Waals surface area contributed by atoms with Crippen LogP contribution in [0.5, 0.6) is 0 Å². The smallest absolute Gasteiger partial charge is 0.322 e. The second-order valence-corrected chi connectivity index (χ2v) is 11.1. The Labute approximate surface area is 209 Å². The topological polar surface area (TPSA) is 74.8 Å². The van der Waals surface area contributed by atoms with Crippen LogP contribution in [-0.2, 0) is 14.6 Å². The summed E-state index contributed by atoms with van der Waals surface area (Å²) in [6, 6.07) is 16.7. The van der Waals surface area contributed by atoms with Gasteiger partial charge in [-0.2, -0.15) is 0 Å².